The lowest BCUT2D eigenvalue weighted by Gasteiger charge is -2.15. The maximum atomic E-state index is 12.7. The van der Waals surface area contributed by atoms with Crippen molar-refractivity contribution in [2.24, 2.45) is 0 Å². The van der Waals surface area contributed by atoms with Gasteiger partial charge in [-0.1, -0.05) is 24.3 Å². The van der Waals surface area contributed by atoms with E-state index >= 15 is 0 Å². The number of fused-ring (bicyclic) bond motifs is 1. The standard InChI is InChI=1S/C27H21N3O4S2/c28-18-21(26-29-24-5-1-2-6-25(24)35-26)17-19-7-11-22(12-8-19)34-27(31)20-9-13-23(14-10-20)36(32,33)30-15-3-4-16-30/h1-2,5-14,17H,3-4,15-16H2/b21-17+. The number of nitriles is 1. The lowest BCUT2D eigenvalue weighted by molar-refractivity contribution is 0.0734. The Labute approximate surface area is 212 Å². The quantitative estimate of drug-likeness (QED) is 0.195. The summed E-state index contributed by atoms with van der Waals surface area (Å²) >= 11 is 1.46. The van der Waals surface area contributed by atoms with Crippen molar-refractivity contribution in [2.45, 2.75) is 17.7 Å². The average Bonchev–Trinajstić information content (AvgIpc) is 3.59. The molecule has 5 rings (SSSR count). The summed E-state index contributed by atoms with van der Waals surface area (Å²) in [6.45, 7) is 1.04. The van der Waals surface area contributed by atoms with Crippen LogP contribution in [0.15, 0.2) is 77.7 Å². The molecule has 0 aliphatic carbocycles. The van der Waals surface area contributed by atoms with Crippen molar-refractivity contribution in [2.75, 3.05) is 13.1 Å². The predicted octanol–water partition coefficient (Wildman–Crippen LogP) is 5.36. The Morgan fingerprint density at radius 3 is 2.36 bits per heavy atom. The molecule has 0 spiro atoms. The van der Waals surface area contributed by atoms with E-state index in [2.05, 4.69) is 11.1 Å². The molecule has 0 bridgehead atoms. The third-order valence-electron chi connectivity index (χ3n) is 5.84. The van der Waals surface area contributed by atoms with Gasteiger partial charge in [-0.2, -0.15) is 9.57 Å². The summed E-state index contributed by atoms with van der Waals surface area (Å²) < 4.78 is 33.2. The molecule has 180 valence electrons. The van der Waals surface area contributed by atoms with Crippen molar-refractivity contribution in [3.63, 3.8) is 0 Å². The largest absolute Gasteiger partial charge is 0.423 e. The van der Waals surface area contributed by atoms with Crippen molar-refractivity contribution in [3.8, 4) is 11.8 Å². The van der Waals surface area contributed by atoms with Crippen LogP contribution >= 0.6 is 11.3 Å². The van der Waals surface area contributed by atoms with E-state index in [-0.39, 0.29) is 10.5 Å². The zero-order chi connectivity index (χ0) is 25.1. The van der Waals surface area contributed by atoms with Gasteiger partial charge in [0.2, 0.25) is 10.0 Å². The number of hydrogen-bond acceptors (Lipinski definition) is 7. The number of nitrogens with zero attached hydrogens (tertiary/aromatic N) is 3. The van der Waals surface area contributed by atoms with Gasteiger partial charge in [-0.25, -0.2) is 18.2 Å². The molecule has 0 radical (unpaired) electrons. The summed E-state index contributed by atoms with van der Waals surface area (Å²) in [5.41, 5.74) is 2.32. The van der Waals surface area contributed by atoms with Crippen LogP contribution in [0, 0.1) is 11.3 Å². The molecule has 36 heavy (non-hydrogen) atoms. The molecule has 0 atom stereocenters. The summed E-state index contributed by atoms with van der Waals surface area (Å²) in [6.07, 6.45) is 3.46. The van der Waals surface area contributed by atoms with Gasteiger partial charge in [-0.05, 0) is 73.0 Å². The third kappa shape index (κ3) is 4.93. The number of esters is 1. The van der Waals surface area contributed by atoms with E-state index in [1.54, 1.807) is 30.3 Å². The number of allylic oxidation sites excluding steroid dienone is 1. The van der Waals surface area contributed by atoms with Crippen LogP contribution in [0.25, 0.3) is 21.9 Å². The Kier molecular flexibility index (Phi) is 6.65. The van der Waals surface area contributed by atoms with Gasteiger partial charge in [0.25, 0.3) is 0 Å². The number of aromatic nitrogens is 1. The lowest BCUT2D eigenvalue weighted by atomic mass is 10.1. The van der Waals surface area contributed by atoms with Crippen LogP contribution in [0.2, 0.25) is 0 Å². The second-order valence-electron chi connectivity index (χ2n) is 8.25. The summed E-state index contributed by atoms with van der Waals surface area (Å²) in [5.74, 6) is -0.250. The summed E-state index contributed by atoms with van der Waals surface area (Å²) in [5, 5.41) is 10.3. The van der Waals surface area contributed by atoms with Gasteiger partial charge in [0.05, 0.1) is 26.2 Å². The maximum Gasteiger partial charge on any atom is 0.343 e. The van der Waals surface area contributed by atoms with Crippen molar-refractivity contribution in [1.82, 2.24) is 9.29 Å². The van der Waals surface area contributed by atoms with Gasteiger partial charge in [-0.3, -0.25) is 0 Å². The smallest absolute Gasteiger partial charge is 0.343 e. The molecule has 0 amide bonds. The zero-order valence-corrected chi connectivity index (χ0v) is 20.8. The number of rotatable bonds is 6. The summed E-state index contributed by atoms with van der Waals surface area (Å²) in [6, 6.07) is 22.5. The number of sulfonamides is 1. The highest BCUT2D eigenvalue weighted by atomic mass is 32.2. The van der Waals surface area contributed by atoms with E-state index in [0.717, 1.165) is 28.6 Å². The van der Waals surface area contributed by atoms with Gasteiger partial charge < -0.3 is 4.74 Å². The predicted molar refractivity (Wildman–Crippen MR) is 139 cm³/mol. The van der Waals surface area contributed by atoms with E-state index in [4.69, 9.17) is 4.74 Å². The highest BCUT2D eigenvalue weighted by Crippen LogP contribution is 2.28. The molecule has 3 aromatic carbocycles. The molecule has 2 heterocycles. The molecule has 0 unspecified atom stereocenters. The fraction of sp³-hybridized carbons (Fsp3) is 0.148. The Balaban J connectivity index is 1.27. The number of carbonyl (C=O) groups is 1. The van der Waals surface area contributed by atoms with Gasteiger partial charge in [0, 0.05) is 13.1 Å². The van der Waals surface area contributed by atoms with Crippen LogP contribution < -0.4 is 4.74 Å². The molecule has 1 saturated heterocycles. The van der Waals surface area contributed by atoms with Gasteiger partial charge in [0.1, 0.15) is 16.8 Å². The first-order valence-electron chi connectivity index (χ1n) is 11.3. The van der Waals surface area contributed by atoms with Crippen LogP contribution in [0.4, 0.5) is 0 Å². The Bertz CT molecular complexity index is 1560. The normalized spacial score (nSPS) is 14.6. The number of benzene rings is 3. The first-order chi connectivity index (χ1) is 17.4. The molecule has 1 aromatic heterocycles. The van der Waals surface area contributed by atoms with E-state index in [9.17, 15) is 18.5 Å². The van der Waals surface area contributed by atoms with Crippen LogP contribution in [-0.4, -0.2) is 36.8 Å². The van der Waals surface area contributed by atoms with E-state index in [0.29, 0.717) is 29.4 Å². The SMILES string of the molecule is N#C/C(=C\c1ccc(OC(=O)c2ccc(S(=O)(=O)N3CCCC3)cc2)cc1)c1nc2ccccc2s1. The fourth-order valence-electron chi connectivity index (χ4n) is 3.93. The Morgan fingerprint density at radius 2 is 1.69 bits per heavy atom. The second-order valence-corrected chi connectivity index (χ2v) is 11.2. The fourth-order valence-corrected chi connectivity index (χ4v) is 6.38. The summed E-state index contributed by atoms with van der Waals surface area (Å²) in [7, 11) is -3.54. The van der Waals surface area contributed by atoms with Crippen molar-refractivity contribution in [3.05, 3.63) is 88.9 Å². The lowest BCUT2D eigenvalue weighted by Crippen LogP contribution is -2.27. The monoisotopic (exact) mass is 515 g/mol. The van der Waals surface area contributed by atoms with Crippen LogP contribution in [-0.2, 0) is 10.0 Å². The Morgan fingerprint density at radius 1 is 1.00 bits per heavy atom. The van der Waals surface area contributed by atoms with Crippen LogP contribution in [0.5, 0.6) is 5.75 Å². The van der Waals surface area contributed by atoms with E-state index in [1.807, 2.05) is 24.3 Å². The molecule has 4 aromatic rings. The minimum absolute atomic E-state index is 0.165. The molecular formula is C27H21N3O4S2. The van der Waals surface area contributed by atoms with Gasteiger partial charge >= 0.3 is 5.97 Å². The molecule has 1 fully saturated rings. The molecular weight excluding hydrogens is 494 g/mol. The number of para-hydroxylation sites is 1. The highest BCUT2D eigenvalue weighted by Gasteiger charge is 2.27. The highest BCUT2D eigenvalue weighted by molar-refractivity contribution is 7.89. The van der Waals surface area contributed by atoms with Crippen molar-refractivity contribution >= 4 is 49.2 Å². The van der Waals surface area contributed by atoms with E-state index < -0.39 is 16.0 Å². The Hall–Kier alpha value is -3.84. The zero-order valence-electron chi connectivity index (χ0n) is 19.1. The molecule has 1 aliphatic heterocycles. The molecule has 1 aliphatic rings. The maximum absolute atomic E-state index is 12.7. The number of hydrogen-bond donors (Lipinski definition) is 0. The van der Waals surface area contributed by atoms with Gasteiger partial charge in [-0.15, -0.1) is 11.3 Å². The molecule has 0 saturated carbocycles. The molecule has 0 N–H and O–H groups in total. The minimum Gasteiger partial charge on any atom is -0.423 e. The van der Waals surface area contributed by atoms with Crippen molar-refractivity contribution < 1.29 is 17.9 Å². The van der Waals surface area contributed by atoms with E-state index in [1.165, 1.54) is 39.9 Å². The second kappa shape index (κ2) is 10.0. The minimum atomic E-state index is -3.54. The summed E-state index contributed by atoms with van der Waals surface area (Å²) in [4.78, 5) is 17.3. The first-order valence-corrected chi connectivity index (χ1v) is 13.6. The number of thiazole rings is 1. The third-order valence-corrected chi connectivity index (χ3v) is 8.82. The number of ether oxygens (including phenoxy) is 1. The van der Waals surface area contributed by atoms with Crippen LogP contribution in [0.3, 0.4) is 0 Å². The van der Waals surface area contributed by atoms with Crippen LogP contribution in [0.1, 0.15) is 33.8 Å². The topological polar surface area (TPSA) is 100 Å². The van der Waals surface area contributed by atoms with Gasteiger partial charge in [0.15, 0.2) is 0 Å². The van der Waals surface area contributed by atoms with Crippen molar-refractivity contribution in [1.29, 1.82) is 5.26 Å². The first kappa shape index (κ1) is 23.9. The number of carbonyl (C=O) groups excluding carboxylic acids is 1. The molecule has 7 nitrogen and oxygen atoms in total. The molecule has 9 heteroatoms. The average molecular weight is 516 g/mol.